The standard InChI is InChI=1S/C27H26ClN3O2/c1-20-16-26(29-27(32)15-12-21-8-4-2-5-9-21)30-31(20)18-23-17-24(28)13-14-25(23)33-19-22-10-6-3-7-11-22/h2-11,13-14,16-17H,12,15,18-19H2,1H3,(H,29,30,32). The number of nitrogens with one attached hydrogen (secondary N) is 1. The van der Waals surface area contributed by atoms with Crippen LogP contribution in [0.25, 0.3) is 0 Å². The maximum atomic E-state index is 12.4. The maximum absolute atomic E-state index is 12.4. The monoisotopic (exact) mass is 459 g/mol. The summed E-state index contributed by atoms with van der Waals surface area (Å²) in [6, 6.07) is 27.4. The molecule has 0 fully saturated rings. The van der Waals surface area contributed by atoms with Gasteiger partial charge in [0, 0.05) is 28.8 Å². The smallest absolute Gasteiger partial charge is 0.225 e. The molecule has 6 heteroatoms. The number of anilines is 1. The summed E-state index contributed by atoms with van der Waals surface area (Å²) in [7, 11) is 0. The van der Waals surface area contributed by atoms with E-state index in [-0.39, 0.29) is 5.91 Å². The van der Waals surface area contributed by atoms with E-state index in [4.69, 9.17) is 16.3 Å². The molecule has 0 aliphatic carbocycles. The van der Waals surface area contributed by atoms with Crippen LogP contribution in [0.15, 0.2) is 84.9 Å². The normalized spacial score (nSPS) is 10.7. The number of hydrogen-bond donors (Lipinski definition) is 1. The summed E-state index contributed by atoms with van der Waals surface area (Å²) in [5.41, 5.74) is 4.08. The van der Waals surface area contributed by atoms with Crippen LogP contribution < -0.4 is 10.1 Å². The van der Waals surface area contributed by atoms with Gasteiger partial charge in [0.25, 0.3) is 0 Å². The Morgan fingerprint density at radius 3 is 2.39 bits per heavy atom. The van der Waals surface area contributed by atoms with Crippen LogP contribution in [-0.4, -0.2) is 15.7 Å². The van der Waals surface area contributed by atoms with Gasteiger partial charge in [0.15, 0.2) is 5.82 Å². The van der Waals surface area contributed by atoms with E-state index in [0.29, 0.717) is 36.8 Å². The number of aromatic nitrogens is 2. The number of aryl methyl sites for hydroxylation is 2. The van der Waals surface area contributed by atoms with Crippen LogP contribution in [0.3, 0.4) is 0 Å². The number of benzene rings is 3. The first-order valence-corrected chi connectivity index (χ1v) is 11.3. The minimum Gasteiger partial charge on any atom is -0.489 e. The van der Waals surface area contributed by atoms with E-state index >= 15 is 0 Å². The maximum Gasteiger partial charge on any atom is 0.225 e. The molecule has 33 heavy (non-hydrogen) atoms. The molecule has 4 rings (SSSR count). The van der Waals surface area contributed by atoms with Gasteiger partial charge in [-0.15, -0.1) is 0 Å². The fourth-order valence-corrected chi connectivity index (χ4v) is 3.74. The van der Waals surface area contributed by atoms with E-state index in [9.17, 15) is 4.79 Å². The van der Waals surface area contributed by atoms with Crippen LogP contribution >= 0.6 is 11.6 Å². The Kier molecular flexibility index (Phi) is 7.43. The number of hydrogen-bond acceptors (Lipinski definition) is 3. The Bertz CT molecular complexity index is 1210. The number of carbonyl (C=O) groups excluding carboxylic acids is 1. The Hall–Kier alpha value is -3.57. The lowest BCUT2D eigenvalue weighted by atomic mass is 10.1. The van der Waals surface area contributed by atoms with Gasteiger partial charge in [0.2, 0.25) is 5.91 Å². The third-order valence-corrected chi connectivity index (χ3v) is 5.55. The summed E-state index contributed by atoms with van der Waals surface area (Å²) in [4.78, 5) is 12.4. The fourth-order valence-electron chi connectivity index (χ4n) is 3.55. The van der Waals surface area contributed by atoms with E-state index in [2.05, 4.69) is 10.4 Å². The second kappa shape index (κ2) is 10.8. The lowest BCUT2D eigenvalue weighted by molar-refractivity contribution is -0.116. The lowest BCUT2D eigenvalue weighted by Crippen LogP contribution is -2.13. The third-order valence-electron chi connectivity index (χ3n) is 5.31. The molecule has 0 aliphatic rings. The molecule has 0 unspecified atom stereocenters. The average molecular weight is 460 g/mol. The van der Waals surface area contributed by atoms with Gasteiger partial charge in [0.05, 0.1) is 6.54 Å². The summed E-state index contributed by atoms with van der Waals surface area (Å²) in [5.74, 6) is 1.24. The van der Waals surface area contributed by atoms with Crippen molar-refractivity contribution in [1.82, 2.24) is 9.78 Å². The van der Waals surface area contributed by atoms with E-state index in [1.807, 2.05) is 96.5 Å². The highest BCUT2D eigenvalue weighted by atomic mass is 35.5. The van der Waals surface area contributed by atoms with Crippen molar-refractivity contribution in [3.8, 4) is 5.75 Å². The summed E-state index contributed by atoms with van der Waals surface area (Å²) in [5, 5.41) is 8.11. The average Bonchev–Trinajstić information content (AvgIpc) is 3.17. The second-order valence-electron chi connectivity index (χ2n) is 7.89. The van der Waals surface area contributed by atoms with Crippen LogP contribution in [0, 0.1) is 6.92 Å². The van der Waals surface area contributed by atoms with Crippen molar-refractivity contribution in [2.24, 2.45) is 0 Å². The van der Waals surface area contributed by atoms with Crippen LogP contribution in [0.1, 0.15) is 28.8 Å². The van der Waals surface area contributed by atoms with Crippen LogP contribution in [0.2, 0.25) is 5.02 Å². The van der Waals surface area contributed by atoms with Crippen molar-refractivity contribution in [3.63, 3.8) is 0 Å². The number of halogens is 1. The van der Waals surface area contributed by atoms with Gasteiger partial charge >= 0.3 is 0 Å². The van der Waals surface area contributed by atoms with E-state index in [1.165, 1.54) is 0 Å². The summed E-state index contributed by atoms with van der Waals surface area (Å²) < 4.78 is 7.91. The molecule has 0 atom stereocenters. The molecule has 1 heterocycles. The number of ether oxygens (including phenoxy) is 1. The van der Waals surface area contributed by atoms with E-state index in [0.717, 1.165) is 28.1 Å². The van der Waals surface area contributed by atoms with Crippen LogP contribution in [0.4, 0.5) is 5.82 Å². The topological polar surface area (TPSA) is 56.2 Å². The molecule has 0 aliphatic heterocycles. The van der Waals surface area contributed by atoms with Crippen molar-refractivity contribution in [2.75, 3.05) is 5.32 Å². The first-order valence-electron chi connectivity index (χ1n) is 10.9. The van der Waals surface area contributed by atoms with Gasteiger partial charge in [-0.1, -0.05) is 72.3 Å². The van der Waals surface area contributed by atoms with Crippen molar-refractivity contribution in [2.45, 2.75) is 32.9 Å². The molecule has 0 saturated carbocycles. The molecule has 4 aromatic rings. The SMILES string of the molecule is Cc1cc(NC(=O)CCc2ccccc2)nn1Cc1cc(Cl)ccc1OCc1ccccc1. The summed E-state index contributed by atoms with van der Waals surface area (Å²) in [6.45, 7) is 2.91. The van der Waals surface area contributed by atoms with Crippen LogP contribution in [-0.2, 0) is 24.4 Å². The Labute approximate surface area is 199 Å². The Balaban J connectivity index is 1.41. The highest BCUT2D eigenvalue weighted by Crippen LogP contribution is 2.25. The number of amides is 1. The predicted molar refractivity (Wildman–Crippen MR) is 132 cm³/mol. The molecule has 1 aromatic heterocycles. The second-order valence-corrected chi connectivity index (χ2v) is 8.33. The van der Waals surface area contributed by atoms with Crippen molar-refractivity contribution in [1.29, 1.82) is 0 Å². The molecule has 5 nitrogen and oxygen atoms in total. The van der Waals surface area contributed by atoms with Gasteiger partial charge < -0.3 is 10.1 Å². The van der Waals surface area contributed by atoms with Crippen molar-refractivity contribution >= 4 is 23.3 Å². The minimum absolute atomic E-state index is 0.0573. The molecule has 0 radical (unpaired) electrons. The molecular formula is C27H26ClN3O2. The Morgan fingerprint density at radius 2 is 1.67 bits per heavy atom. The predicted octanol–water partition coefficient (Wildman–Crippen LogP) is 6.04. The van der Waals surface area contributed by atoms with Gasteiger partial charge in [-0.05, 0) is 42.7 Å². The molecule has 3 aromatic carbocycles. The summed E-state index contributed by atoms with van der Waals surface area (Å²) >= 11 is 6.26. The summed E-state index contributed by atoms with van der Waals surface area (Å²) in [6.07, 6.45) is 1.10. The Morgan fingerprint density at radius 1 is 0.970 bits per heavy atom. The molecule has 1 amide bonds. The number of carbonyl (C=O) groups is 1. The third kappa shape index (κ3) is 6.46. The van der Waals surface area contributed by atoms with Crippen molar-refractivity contribution in [3.05, 3.63) is 112 Å². The molecule has 0 spiro atoms. The largest absolute Gasteiger partial charge is 0.489 e. The lowest BCUT2D eigenvalue weighted by Gasteiger charge is -2.13. The van der Waals surface area contributed by atoms with Crippen molar-refractivity contribution < 1.29 is 9.53 Å². The zero-order valence-electron chi connectivity index (χ0n) is 18.5. The molecule has 1 N–H and O–H groups in total. The molecule has 0 saturated heterocycles. The number of nitrogens with zero attached hydrogens (tertiary/aromatic N) is 2. The molecule has 0 bridgehead atoms. The van der Waals surface area contributed by atoms with Gasteiger partial charge in [-0.2, -0.15) is 5.10 Å². The first-order chi connectivity index (χ1) is 16.1. The van der Waals surface area contributed by atoms with E-state index < -0.39 is 0 Å². The van der Waals surface area contributed by atoms with E-state index in [1.54, 1.807) is 0 Å². The highest BCUT2D eigenvalue weighted by Gasteiger charge is 2.12. The fraction of sp³-hybridized carbons (Fsp3) is 0.185. The van der Waals surface area contributed by atoms with Gasteiger partial charge in [-0.3, -0.25) is 9.48 Å². The van der Waals surface area contributed by atoms with Gasteiger partial charge in [0.1, 0.15) is 12.4 Å². The molecule has 168 valence electrons. The quantitative estimate of drug-likeness (QED) is 0.332. The zero-order valence-corrected chi connectivity index (χ0v) is 19.3. The molecular weight excluding hydrogens is 434 g/mol. The van der Waals surface area contributed by atoms with Crippen LogP contribution in [0.5, 0.6) is 5.75 Å². The zero-order chi connectivity index (χ0) is 23.0. The first kappa shape index (κ1) is 22.6. The highest BCUT2D eigenvalue weighted by molar-refractivity contribution is 6.30. The minimum atomic E-state index is -0.0573. The van der Waals surface area contributed by atoms with Gasteiger partial charge in [-0.25, -0.2) is 0 Å². The number of rotatable bonds is 9.